The van der Waals surface area contributed by atoms with Gasteiger partial charge in [0.1, 0.15) is 0 Å². The molecular weight excluding hydrogens is 246 g/mol. The molecule has 2 rings (SSSR count). The molecule has 0 aliphatic carbocycles. The summed E-state index contributed by atoms with van der Waals surface area (Å²) < 4.78 is 0. The summed E-state index contributed by atoms with van der Waals surface area (Å²) in [7, 11) is 0. The smallest absolute Gasteiger partial charge is 0.164 e. The second-order valence-electron chi connectivity index (χ2n) is 7.09. The van der Waals surface area contributed by atoms with Gasteiger partial charge in [-0.1, -0.05) is 31.0 Å². The van der Waals surface area contributed by atoms with Gasteiger partial charge in [-0.15, -0.1) is 0 Å². The van der Waals surface area contributed by atoms with E-state index in [9.17, 15) is 4.79 Å². The van der Waals surface area contributed by atoms with Crippen molar-refractivity contribution >= 4 is 5.78 Å². The molecule has 1 heterocycles. The number of likely N-dealkylation sites (tertiary alicyclic amines) is 1. The third-order valence-corrected chi connectivity index (χ3v) is 4.18. The SMILES string of the molecule is Cc1cc(C)cc(C(=O)CCN2CCCC(C)(C)C2)c1. The van der Waals surface area contributed by atoms with Crippen LogP contribution in [0.1, 0.15) is 54.6 Å². The van der Waals surface area contributed by atoms with Gasteiger partial charge in [0.2, 0.25) is 0 Å². The Labute approximate surface area is 123 Å². The number of benzene rings is 1. The van der Waals surface area contributed by atoms with Crippen LogP contribution in [0.3, 0.4) is 0 Å². The molecule has 0 spiro atoms. The molecule has 0 N–H and O–H groups in total. The molecule has 20 heavy (non-hydrogen) atoms. The zero-order valence-electron chi connectivity index (χ0n) is 13.3. The Morgan fingerprint density at radius 2 is 1.85 bits per heavy atom. The molecule has 0 atom stereocenters. The highest BCUT2D eigenvalue weighted by molar-refractivity contribution is 5.96. The van der Waals surface area contributed by atoms with Crippen LogP contribution in [0.5, 0.6) is 0 Å². The van der Waals surface area contributed by atoms with Crippen LogP contribution in [-0.2, 0) is 0 Å². The molecule has 1 saturated heterocycles. The molecule has 0 saturated carbocycles. The predicted molar refractivity (Wildman–Crippen MR) is 84.3 cm³/mol. The molecule has 1 aromatic carbocycles. The molecule has 0 unspecified atom stereocenters. The minimum absolute atomic E-state index is 0.278. The van der Waals surface area contributed by atoms with Crippen molar-refractivity contribution in [3.8, 4) is 0 Å². The van der Waals surface area contributed by atoms with E-state index in [1.54, 1.807) is 0 Å². The fourth-order valence-corrected chi connectivity index (χ4v) is 3.28. The number of nitrogens with zero attached hydrogens (tertiary/aromatic N) is 1. The lowest BCUT2D eigenvalue weighted by molar-refractivity contribution is 0.0896. The standard InChI is InChI=1S/C18H27NO/c1-14-10-15(2)12-16(11-14)17(20)6-9-19-8-5-7-18(3,4)13-19/h10-12H,5-9,13H2,1-4H3. The highest BCUT2D eigenvalue weighted by Crippen LogP contribution is 2.28. The van der Waals surface area contributed by atoms with Crippen LogP contribution in [0.25, 0.3) is 0 Å². The first kappa shape index (κ1) is 15.2. The maximum absolute atomic E-state index is 12.3. The first-order valence-electron chi connectivity index (χ1n) is 7.70. The lowest BCUT2D eigenvalue weighted by Crippen LogP contribution is -2.40. The van der Waals surface area contributed by atoms with Crippen LogP contribution >= 0.6 is 0 Å². The molecule has 0 bridgehead atoms. The Bertz CT molecular complexity index is 470. The van der Waals surface area contributed by atoms with Gasteiger partial charge in [0.15, 0.2) is 5.78 Å². The van der Waals surface area contributed by atoms with Crippen molar-refractivity contribution in [1.29, 1.82) is 0 Å². The van der Waals surface area contributed by atoms with Gasteiger partial charge < -0.3 is 4.90 Å². The highest BCUT2D eigenvalue weighted by atomic mass is 16.1. The number of hydrogen-bond donors (Lipinski definition) is 0. The Kier molecular flexibility index (Phi) is 4.64. The Morgan fingerprint density at radius 1 is 1.20 bits per heavy atom. The maximum atomic E-state index is 12.3. The number of rotatable bonds is 4. The van der Waals surface area contributed by atoms with Crippen molar-refractivity contribution in [3.63, 3.8) is 0 Å². The average Bonchev–Trinajstić information content (AvgIpc) is 2.33. The Morgan fingerprint density at radius 3 is 2.45 bits per heavy atom. The number of carbonyl (C=O) groups is 1. The van der Waals surface area contributed by atoms with Crippen LogP contribution < -0.4 is 0 Å². The van der Waals surface area contributed by atoms with Gasteiger partial charge >= 0.3 is 0 Å². The van der Waals surface area contributed by atoms with E-state index in [2.05, 4.69) is 38.7 Å². The van der Waals surface area contributed by atoms with Gasteiger partial charge in [-0.25, -0.2) is 0 Å². The minimum atomic E-state index is 0.278. The first-order valence-corrected chi connectivity index (χ1v) is 7.70. The number of Topliss-reactive ketones (excluding diaryl/α,β-unsaturated/α-hetero) is 1. The van der Waals surface area contributed by atoms with E-state index in [4.69, 9.17) is 0 Å². The number of carbonyl (C=O) groups excluding carboxylic acids is 1. The van der Waals surface area contributed by atoms with Gasteiger partial charge in [-0.2, -0.15) is 0 Å². The summed E-state index contributed by atoms with van der Waals surface area (Å²) in [4.78, 5) is 14.8. The number of piperidine rings is 1. The summed E-state index contributed by atoms with van der Waals surface area (Å²) in [5.74, 6) is 0.278. The monoisotopic (exact) mass is 273 g/mol. The lowest BCUT2D eigenvalue weighted by Gasteiger charge is -2.37. The van der Waals surface area contributed by atoms with Crippen molar-refractivity contribution in [2.45, 2.75) is 47.0 Å². The van der Waals surface area contributed by atoms with Gasteiger partial charge in [0.25, 0.3) is 0 Å². The lowest BCUT2D eigenvalue weighted by atomic mass is 9.84. The van der Waals surface area contributed by atoms with Crippen LogP contribution in [0, 0.1) is 19.3 Å². The van der Waals surface area contributed by atoms with E-state index in [1.807, 2.05) is 12.1 Å². The molecular formula is C18H27NO. The summed E-state index contributed by atoms with van der Waals surface area (Å²) in [5.41, 5.74) is 3.62. The largest absolute Gasteiger partial charge is 0.302 e. The van der Waals surface area contributed by atoms with Crippen LogP contribution in [-0.4, -0.2) is 30.3 Å². The van der Waals surface area contributed by atoms with E-state index in [1.165, 1.54) is 24.0 Å². The third kappa shape index (κ3) is 4.17. The normalized spacial score (nSPS) is 19.0. The van der Waals surface area contributed by atoms with Gasteiger partial charge in [-0.3, -0.25) is 4.79 Å². The molecule has 0 amide bonds. The Balaban J connectivity index is 1.92. The molecule has 110 valence electrons. The second-order valence-corrected chi connectivity index (χ2v) is 7.09. The molecule has 1 fully saturated rings. The molecule has 2 nitrogen and oxygen atoms in total. The maximum Gasteiger partial charge on any atom is 0.164 e. The average molecular weight is 273 g/mol. The van der Waals surface area contributed by atoms with E-state index in [-0.39, 0.29) is 5.78 Å². The molecule has 1 aliphatic heterocycles. The van der Waals surface area contributed by atoms with Crippen molar-refractivity contribution in [2.24, 2.45) is 5.41 Å². The van der Waals surface area contributed by atoms with E-state index >= 15 is 0 Å². The molecule has 0 aromatic heterocycles. The topological polar surface area (TPSA) is 20.3 Å². The number of ketones is 1. The van der Waals surface area contributed by atoms with Gasteiger partial charge in [0.05, 0.1) is 0 Å². The minimum Gasteiger partial charge on any atom is -0.302 e. The van der Waals surface area contributed by atoms with Crippen molar-refractivity contribution < 1.29 is 4.79 Å². The van der Waals surface area contributed by atoms with Gasteiger partial charge in [0, 0.05) is 25.1 Å². The van der Waals surface area contributed by atoms with Crippen molar-refractivity contribution in [1.82, 2.24) is 4.90 Å². The fraction of sp³-hybridized carbons (Fsp3) is 0.611. The third-order valence-electron chi connectivity index (χ3n) is 4.18. The number of aryl methyl sites for hydroxylation is 2. The molecule has 2 heteroatoms. The quantitative estimate of drug-likeness (QED) is 0.773. The summed E-state index contributed by atoms with van der Waals surface area (Å²) in [6.45, 7) is 11.9. The van der Waals surface area contributed by atoms with E-state index < -0.39 is 0 Å². The van der Waals surface area contributed by atoms with Gasteiger partial charge in [-0.05, 0) is 50.8 Å². The predicted octanol–water partition coefficient (Wildman–Crippen LogP) is 4.00. The van der Waals surface area contributed by atoms with E-state index in [0.29, 0.717) is 11.8 Å². The Hall–Kier alpha value is -1.15. The molecule has 0 radical (unpaired) electrons. The summed E-state index contributed by atoms with van der Waals surface area (Å²) in [6.07, 6.45) is 3.19. The summed E-state index contributed by atoms with van der Waals surface area (Å²) in [5, 5.41) is 0. The van der Waals surface area contributed by atoms with Crippen LogP contribution in [0.2, 0.25) is 0 Å². The summed E-state index contributed by atoms with van der Waals surface area (Å²) in [6, 6.07) is 6.13. The zero-order chi connectivity index (χ0) is 14.8. The molecule has 1 aliphatic rings. The zero-order valence-corrected chi connectivity index (χ0v) is 13.3. The first-order chi connectivity index (χ1) is 9.35. The van der Waals surface area contributed by atoms with Crippen molar-refractivity contribution in [2.75, 3.05) is 19.6 Å². The summed E-state index contributed by atoms with van der Waals surface area (Å²) >= 11 is 0. The van der Waals surface area contributed by atoms with E-state index in [0.717, 1.165) is 25.2 Å². The van der Waals surface area contributed by atoms with Crippen molar-refractivity contribution in [3.05, 3.63) is 34.9 Å². The van der Waals surface area contributed by atoms with Crippen LogP contribution in [0.4, 0.5) is 0 Å². The van der Waals surface area contributed by atoms with Crippen LogP contribution in [0.15, 0.2) is 18.2 Å². The molecule has 1 aromatic rings. The fourth-order valence-electron chi connectivity index (χ4n) is 3.28. The number of hydrogen-bond acceptors (Lipinski definition) is 2. The highest BCUT2D eigenvalue weighted by Gasteiger charge is 2.26. The second kappa shape index (κ2) is 6.09.